The van der Waals surface area contributed by atoms with Crippen LogP contribution in [-0.4, -0.2) is 46.3 Å². The number of rotatable bonds is 9. The Hall–Kier alpha value is -1.64. The molecule has 8 heteroatoms. The minimum absolute atomic E-state index is 0.0204. The van der Waals surface area contributed by atoms with Crippen LogP contribution >= 0.6 is 15.9 Å². The molecule has 3 N–H and O–H groups in total. The molecule has 1 aromatic rings. The highest BCUT2D eigenvalue weighted by Crippen LogP contribution is 2.32. The summed E-state index contributed by atoms with van der Waals surface area (Å²) < 4.78 is 11.0. The van der Waals surface area contributed by atoms with Crippen molar-refractivity contribution >= 4 is 27.9 Å². The van der Waals surface area contributed by atoms with Crippen molar-refractivity contribution in [3.05, 3.63) is 27.7 Å². The van der Waals surface area contributed by atoms with Gasteiger partial charge in [0.05, 0.1) is 22.2 Å². The van der Waals surface area contributed by atoms with Gasteiger partial charge in [-0.2, -0.15) is 0 Å². The van der Waals surface area contributed by atoms with Crippen LogP contribution in [0.3, 0.4) is 0 Å². The summed E-state index contributed by atoms with van der Waals surface area (Å²) in [5.74, 6) is -2.27. The van der Waals surface area contributed by atoms with E-state index in [1.54, 1.807) is 0 Å². The minimum atomic E-state index is -1.40. The quantitative estimate of drug-likeness (QED) is 0.542. The number of hydrogen-bond donors (Lipinski definition) is 3. The number of aromatic carboxylic acids is 2. The lowest BCUT2D eigenvalue weighted by Crippen LogP contribution is -2.33. The van der Waals surface area contributed by atoms with Crippen molar-refractivity contribution < 1.29 is 34.4 Å². The number of aliphatic hydroxyl groups excluding tert-OH is 1. The number of hydrogen-bond acceptors (Lipinski definition) is 5. The van der Waals surface area contributed by atoms with Gasteiger partial charge in [-0.05, 0) is 47.3 Å². The first-order valence-electron chi connectivity index (χ1n) is 7.40. The molecule has 2 atom stereocenters. The molecule has 0 radical (unpaired) electrons. The van der Waals surface area contributed by atoms with Crippen LogP contribution in [0.4, 0.5) is 0 Å². The van der Waals surface area contributed by atoms with Crippen molar-refractivity contribution in [3.8, 4) is 5.75 Å². The van der Waals surface area contributed by atoms with Gasteiger partial charge < -0.3 is 24.8 Å². The smallest absolute Gasteiger partial charge is 0.337 e. The molecule has 2 unspecified atom stereocenters. The van der Waals surface area contributed by atoms with Crippen LogP contribution in [0.15, 0.2) is 16.6 Å². The van der Waals surface area contributed by atoms with Gasteiger partial charge in [-0.25, -0.2) is 9.59 Å². The summed E-state index contributed by atoms with van der Waals surface area (Å²) in [5, 5.41) is 28.1. The van der Waals surface area contributed by atoms with Gasteiger partial charge in [0.15, 0.2) is 0 Å². The maximum atomic E-state index is 11.3. The number of ether oxygens (including phenoxy) is 2. The summed E-state index contributed by atoms with van der Waals surface area (Å²) in [6.07, 6.45) is -1.19. The molecule has 1 aromatic carbocycles. The fourth-order valence-corrected chi connectivity index (χ4v) is 2.46. The maximum absolute atomic E-state index is 11.3. The van der Waals surface area contributed by atoms with Crippen molar-refractivity contribution in [2.75, 3.05) is 6.61 Å². The Morgan fingerprint density at radius 3 is 2.25 bits per heavy atom. The molecule has 24 heavy (non-hydrogen) atoms. The van der Waals surface area contributed by atoms with Gasteiger partial charge in [0.1, 0.15) is 11.9 Å². The Balaban J connectivity index is 3.05. The number of halogens is 1. The number of aliphatic hydroxyl groups is 1. The zero-order valence-electron chi connectivity index (χ0n) is 13.7. The average molecular weight is 405 g/mol. The average Bonchev–Trinajstić information content (AvgIpc) is 2.46. The Morgan fingerprint density at radius 1 is 1.17 bits per heavy atom. The lowest BCUT2D eigenvalue weighted by molar-refractivity contribution is -0.141. The molecule has 0 fully saturated rings. The topological polar surface area (TPSA) is 113 Å². The molecule has 0 aliphatic heterocycles. The van der Waals surface area contributed by atoms with Gasteiger partial charge in [-0.3, -0.25) is 0 Å². The third-order valence-electron chi connectivity index (χ3n) is 3.17. The largest absolute Gasteiger partial charge is 0.478 e. The van der Waals surface area contributed by atoms with Crippen LogP contribution in [-0.2, 0) is 4.74 Å². The van der Waals surface area contributed by atoms with Gasteiger partial charge in [-0.1, -0.05) is 13.8 Å². The molecule has 0 spiro atoms. The third-order valence-corrected chi connectivity index (χ3v) is 3.95. The lowest BCUT2D eigenvalue weighted by Gasteiger charge is -2.23. The summed E-state index contributed by atoms with van der Waals surface area (Å²) >= 11 is 3.06. The van der Waals surface area contributed by atoms with Crippen LogP contribution < -0.4 is 4.74 Å². The Bertz CT molecular complexity index is 598. The molecule has 7 nitrogen and oxygen atoms in total. The summed E-state index contributed by atoms with van der Waals surface area (Å²) in [6.45, 7) is 5.91. The van der Waals surface area contributed by atoms with E-state index in [-0.39, 0.29) is 15.8 Å². The molecular formula is C16H21BrO7. The van der Waals surface area contributed by atoms with E-state index in [1.165, 1.54) is 13.0 Å². The first-order chi connectivity index (χ1) is 11.1. The van der Waals surface area contributed by atoms with Gasteiger partial charge >= 0.3 is 11.9 Å². The molecule has 0 aliphatic rings. The number of carbonyl (C=O) groups is 2. The zero-order chi connectivity index (χ0) is 18.4. The van der Waals surface area contributed by atoms with Crippen LogP contribution in [0, 0.1) is 5.92 Å². The van der Waals surface area contributed by atoms with Gasteiger partial charge in [-0.15, -0.1) is 0 Å². The van der Waals surface area contributed by atoms with Crippen LogP contribution in [0.5, 0.6) is 5.75 Å². The highest BCUT2D eigenvalue weighted by molar-refractivity contribution is 9.10. The fraction of sp³-hybridized carbons (Fsp3) is 0.500. The monoisotopic (exact) mass is 404 g/mol. The second-order valence-corrected chi connectivity index (χ2v) is 6.48. The van der Waals surface area contributed by atoms with E-state index < -0.39 is 29.9 Å². The molecule has 0 saturated heterocycles. The van der Waals surface area contributed by atoms with E-state index in [0.29, 0.717) is 12.5 Å². The number of carboxylic acids is 2. The SMILES string of the molecule is CC(C)CCOC(Oc1ccc(C(=O)O)c(C(=O)O)c1Br)C(C)O. The number of carboxylic acid groups (broad SMARTS) is 2. The van der Waals surface area contributed by atoms with Crippen LogP contribution in [0.2, 0.25) is 0 Å². The molecule has 0 saturated carbocycles. The predicted octanol–water partition coefficient (Wildman–Crippen LogP) is 2.99. The predicted molar refractivity (Wildman–Crippen MR) is 89.6 cm³/mol. The van der Waals surface area contributed by atoms with Crippen molar-refractivity contribution in [2.24, 2.45) is 5.92 Å². The summed E-state index contributed by atoms with van der Waals surface area (Å²) in [4.78, 5) is 22.5. The standard InChI is InChI=1S/C16H21BrO7/c1-8(2)6-7-23-16(9(3)18)24-11-5-4-10(14(19)20)12(13(11)17)15(21)22/h4-5,8-9,16,18H,6-7H2,1-3H3,(H,19,20)(H,21,22). The molecular weight excluding hydrogens is 384 g/mol. The van der Waals surface area contributed by atoms with Crippen molar-refractivity contribution in [1.82, 2.24) is 0 Å². The van der Waals surface area contributed by atoms with Crippen molar-refractivity contribution in [3.63, 3.8) is 0 Å². The third kappa shape index (κ3) is 5.47. The van der Waals surface area contributed by atoms with Gasteiger partial charge in [0.25, 0.3) is 0 Å². The molecule has 1 rings (SSSR count). The second kappa shape index (κ2) is 9.00. The van der Waals surface area contributed by atoms with E-state index >= 15 is 0 Å². The minimum Gasteiger partial charge on any atom is -0.478 e. The van der Waals surface area contributed by atoms with Gasteiger partial charge in [0, 0.05) is 0 Å². The fourth-order valence-electron chi connectivity index (χ4n) is 1.85. The molecule has 0 aromatic heterocycles. The highest BCUT2D eigenvalue weighted by Gasteiger charge is 2.25. The molecule has 0 bridgehead atoms. The second-order valence-electron chi connectivity index (χ2n) is 5.69. The lowest BCUT2D eigenvalue weighted by atomic mass is 10.1. The summed E-state index contributed by atoms with van der Waals surface area (Å²) in [7, 11) is 0. The Labute approximate surface area is 148 Å². The molecule has 0 aliphatic carbocycles. The summed E-state index contributed by atoms with van der Waals surface area (Å²) in [5.41, 5.74) is -0.789. The van der Waals surface area contributed by atoms with E-state index in [2.05, 4.69) is 15.9 Å². The van der Waals surface area contributed by atoms with Crippen molar-refractivity contribution in [2.45, 2.75) is 39.6 Å². The summed E-state index contributed by atoms with van der Waals surface area (Å²) in [6, 6.07) is 2.46. The number of benzene rings is 1. The van der Waals surface area contributed by atoms with Crippen LogP contribution in [0.25, 0.3) is 0 Å². The van der Waals surface area contributed by atoms with E-state index in [9.17, 15) is 19.8 Å². The van der Waals surface area contributed by atoms with E-state index in [4.69, 9.17) is 14.6 Å². The van der Waals surface area contributed by atoms with E-state index in [1.807, 2.05) is 13.8 Å². The van der Waals surface area contributed by atoms with Gasteiger partial charge in [0.2, 0.25) is 6.29 Å². The van der Waals surface area contributed by atoms with Crippen LogP contribution in [0.1, 0.15) is 47.9 Å². The zero-order valence-corrected chi connectivity index (χ0v) is 15.2. The Kier molecular flexibility index (Phi) is 7.65. The molecule has 134 valence electrons. The highest BCUT2D eigenvalue weighted by atomic mass is 79.9. The van der Waals surface area contributed by atoms with E-state index in [0.717, 1.165) is 12.5 Å². The maximum Gasteiger partial charge on any atom is 0.337 e. The Morgan fingerprint density at radius 2 is 1.79 bits per heavy atom. The first kappa shape index (κ1) is 20.4. The first-order valence-corrected chi connectivity index (χ1v) is 8.19. The molecule has 0 heterocycles. The molecule has 0 amide bonds. The normalized spacial score (nSPS) is 13.6. The van der Waals surface area contributed by atoms with Crippen molar-refractivity contribution in [1.29, 1.82) is 0 Å².